The molecule has 0 aromatic heterocycles. The van der Waals surface area contributed by atoms with Gasteiger partial charge in [0.2, 0.25) is 0 Å². The zero-order valence-corrected chi connectivity index (χ0v) is 18.3. The highest BCUT2D eigenvalue weighted by atomic mass is 127. The molecular formula is C18H26BrIN4. The molecule has 24 heavy (non-hydrogen) atoms. The smallest absolute Gasteiger partial charge is 0.194 e. The first-order valence-corrected chi connectivity index (χ1v) is 8.91. The lowest BCUT2D eigenvalue weighted by Crippen LogP contribution is -2.52. The lowest BCUT2D eigenvalue weighted by atomic mass is 10.1. The maximum absolute atomic E-state index is 5.32. The number of nitrogens with zero attached hydrogens (tertiary/aromatic N) is 3. The van der Waals surface area contributed by atoms with Crippen LogP contribution in [0, 0.1) is 12.3 Å². The van der Waals surface area contributed by atoms with Gasteiger partial charge in [-0.15, -0.1) is 30.4 Å². The Bertz CT molecular complexity index is 559. The minimum atomic E-state index is 0. The summed E-state index contributed by atoms with van der Waals surface area (Å²) in [6.07, 6.45) is 5.32. The van der Waals surface area contributed by atoms with Crippen molar-refractivity contribution in [3.05, 3.63) is 34.3 Å². The molecule has 1 aromatic carbocycles. The third-order valence-corrected chi connectivity index (χ3v) is 4.70. The molecule has 1 unspecified atom stereocenters. The number of piperazine rings is 1. The van der Waals surface area contributed by atoms with E-state index in [-0.39, 0.29) is 24.0 Å². The first-order valence-electron chi connectivity index (χ1n) is 8.12. The second kappa shape index (κ2) is 11.0. The van der Waals surface area contributed by atoms with E-state index in [2.05, 4.69) is 80.1 Å². The Morgan fingerprint density at radius 2 is 1.92 bits per heavy atom. The predicted molar refractivity (Wildman–Crippen MR) is 116 cm³/mol. The van der Waals surface area contributed by atoms with Crippen molar-refractivity contribution in [1.82, 2.24) is 15.1 Å². The molecule has 1 saturated heterocycles. The molecule has 1 aromatic rings. The van der Waals surface area contributed by atoms with Crippen LogP contribution < -0.4 is 5.32 Å². The highest BCUT2D eigenvalue weighted by Gasteiger charge is 2.23. The minimum Gasteiger partial charge on any atom is -0.356 e. The fourth-order valence-electron chi connectivity index (χ4n) is 2.82. The molecule has 0 saturated carbocycles. The summed E-state index contributed by atoms with van der Waals surface area (Å²) in [5.74, 6) is 3.51. The average Bonchev–Trinajstić information content (AvgIpc) is 2.59. The summed E-state index contributed by atoms with van der Waals surface area (Å²) >= 11 is 3.50. The Morgan fingerprint density at radius 1 is 1.29 bits per heavy atom. The van der Waals surface area contributed by atoms with Gasteiger partial charge in [-0.3, -0.25) is 4.90 Å². The molecule has 0 spiro atoms. The van der Waals surface area contributed by atoms with E-state index in [1.54, 1.807) is 0 Å². The standard InChI is InChI=1S/C18H25BrN4.HI/c1-4-10-21-18(20-5-2)23-13-11-22(12-14-23)15(3)16-6-8-17(19)9-7-16;/h1,6-9,15H,5,10-14H2,2-3H3,(H,20,21);1H. The van der Waals surface area contributed by atoms with Crippen LogP contribution in [0.5, 0.6) is 0 Å². The lowest BCUT2D eigenvalue weighted by Gasteiger charge is -2.39. The van der Waals surface area contributed by atoms with Crippen molar-refractivity contribution in [1.29, 1.82) is 0 Å². The molecule has 1 fully saturated rings. The zero-order valence-electron chi connectivity index (χ0n) is 14.3. The summed E-state index contributed by atoms with van der Waals surface area (Å²) in [5, 5.41) is 3.33. The van der Waals surface area contributed by atoms with Gasteiger partial charge in [-0.05, 0) is 31.5 Å². The van der Waals surface area contributed by atoms with Crippen molar-refractivity contribution in [2.75, 3.05) is 39.3 Å². The maximum atomic E-state index is 5.32. The third kappa shape index (κ3) is 5.94. The summed E-state index contributed by atoms with van der Waals surface area (Å²) in [6.45, 7) is 9.63. The van der Waals surface area contributed by atoms with Crippen LogP contribution in [0.25, 0.3) is 0 Å². The number of nitrogens with one attached hydrogen (secondary N) is 1. The number of benzene rings is 1. The molecule has 1 N–H and O–H groups in total. The minimum absolute atomic E-state index is 0. The molecule has 0 radical (unpaired) electrons. The summed E-state index contributed by atoms with van der Waals surface area (Å²) in [5.41, 5.74) is 1.36. The summed E-state index contributed by atoms with van der Waals surface area (Å²) < 4.78 is 1.12. The van der Waals surface area contributed by atoms with Crippen molar-refractivity contribution < 1.29 is 0 Å². The van der Waals surface area contributed by atoms with E-state index in [1.165, 1.54) is 5.56 Å². The number of rotatable bonds is 4. The van der Waals surface area contributed by atoms with Crippen molar-refractivity contribution in [3.8, 4) is 12.3 Å². The highest BCUT2D eigenvalue weighted by Crippen LogP contribution is 2.23. The molecule has 6 heteroatoms. The second-order valence-electron chi connectivity index (χ2n) is 5.62. The molecule has 132 valence electrons. The van der Waals surface area contributed by atoms with Crippen LogP contribution in [0.3, 0.4) is 0 Å². The lowest BCUT2D eigenvalue weighted by molar-refractivity contribution is 0.138. The van der Waals surface area contributed by atoms with Gasteiger partial charge in [-0.25, -0.2) is 4.99 Å². The van der Waals surface area contributed by atoms with Gasteiger partial charge < -0.3 is 10.2 Å². The van der Waals surface area contributed by atoms with E-state index in [0.717, 1.165) is 43.2 Å². The molecule has 2 rings (SSSR count). The Labute approximate surface area is 171 Å². The van der Waals surface area contributed by atoms with Crippen LogP contribution in [0.15, 0.2) is 33.7 Å². The summed E-state index contributed by atoms with van der Waals surface area (Å²) in [7, 11) is 0. The number of aliphatic imine (C=N–C) groups is 1. The van der Waals surface area contributed by atoms with Gasteiger partial charge in [-0.1, -0.05) is 34.0 Å². The van der Waals surface area contributed by atoms with E-state index in [4.69, 9.17) is 6.42 Å². The molecule has 1 aliphatic rings. The SMILES string of the molecule is C#CCN=C(NCC)N1CCN(C(C)c2ccc(Br)cc2)CC1.I. The normalized spacial score (nSPS) is 16.9. The van der Waals surface area contributed by atoms with Crippen molar-refractivity contribution in [2.45, 2.75) is 19.9 Å². The van der Waals surface area contributed by atoms with E-state index >= 15 is 0 Å². The highest BCUT2D eigenvalue weighted by molar-refractivity contribution is 14.0. The largest absolute Gasteiger partial charge is 0.356 e. The summed E-state index contributed by atoms with van der Waals surface area (Å²) in [6, 6.07) is 9.03. The maximum Gasteiger partial charge on any atom is 0.194 e. The van der Waals surface area contributed by atoms with Gasteiger partial charge in [0.1, 0.15) is 6.54 Å². The van der Waals surface area contributed by atoms with Gasteiger partial charge in [0.25, 0.3) is 0 Å². The van der Waals surface area contributed by atoms with Gasteiger partial charge in [0, 0.05) is 43.2 Å². The van der Waals surface area contributed by atoms with Gasteiger partial charge in [0.15, 0.2) is 5.96 Å². The second-order valence-corrected chi connectivity index (χ2v) is 6.54. The zero-order chi connectivity index (χ0) is 16.7. The Balaban J connectivity index is 0.00000288. The molecule has 1 atom stereocenters. The molecule has 0 bridgehead atoms. The molecule has 0 amide bonds. The van der Waals surface area contributed by atoms with Gasteiger partial charge in [0.05, 0.1) is 0 Å². The fraction of sp³-hybridized carbons (Fsp3) is 0.500. The number of terminal acetylenes is 1. The average molecular weight is 505 g/mol. The van der Waals surface area contributed by atoms with E-state index in [1.807, 2.05) is 0 Å². The van der Waals surface area contributed by atoms with Crippen LogP contribution in [0.1, 0.15) is 25.5 Å². The van der Waals surface area contributed by atoms with Crippen LogP contribution in [0.4, 0.5) is 0 Å². The molecular weight excluding hydrogens is 479 g/mol. The van der Waals surface area contributed by atoms with Crippen LogP contribution in [-0.2, 0) is 0 Å². The van der Waals surface area contributed by atoms with Crippen LogP contribution in [-0.4, -0.2) is 55.0 Å². The topological polar surface area (TPSA) is 30.9 Å². The first-order chi connectivity index (χ1) is 11.2. The number of hydrogen-bond acceptors (Lipinski definition) is 2. The van der Waals surface area contributed by atoms with Crippen molar-refractivity contribution in [2.24, 2.45) is 4.99 Å². The molecule has 1 aliphatic heterocycles. The molecule has 4 nitrogen and oxygen atoms in total. The molecule has 1 heterocycles. The predicted octanol–water partition coefficient (Wildman–Crippen LogP) is 3.34. The van der Waals surface area contributed by atoms with E-state index in [0.29, 0.717) is 12.6 Å². The van der Waals surface area contributed by atoms with Crippen molar-refractivity contribution in [3.63, 3.8) is 0 Å². The Morgan fingerprint density at radius 3 is 2.46 bits per heavy atom. The van der Waals surface area contributed by atoms with Crippen LogP contribution >= 0.6 is 39.9 Å². The Hall–Kier alpha value is -0.780. The van der Waals surface area contributed by atoms with Crippen molar-refractivity contribution >= 4 is 45.9 Å². The monoisotopic (exact) mass is 504 g/mol. The number of hydrogen-bond donors (Lipinski definition) is 1. The van der Waals surface area contributed by atoms with E-state index in [9.17, 15) is 0 Å². The number of halogens is 2. The number of guanidine groups is 1. The van der Waals surface area contributed by atoms with Gasteiger partial charge >= 0.3 is 0 Å². The van der Waals surface area contributed by atoms with Crippen LogP contribution in [0.2, 0.25) is 0 Å². The quantitative estimate of drug-likeness (QED) is 0.295. The fourth-order valence-corrected chi connectivity index (χ4v) is 3.08. The van der Waals surface area contributed by atoms with Gasteiger partial charge in [-0.2, -0.15) is 0 Å². The van der Waals surface area contributed by atoms with E-state index < -0.39 is 0 Å². The molecule has 0 aliphatic carbocycles. The third-order valence-electron chi connectivity index (χ3n) is 4.17. The Kier molecular flexibility index (Phi) is 9.71. The summed E-state index contributed by atoms with van der Waals surface area (Å²) in [4.78, 5) is 9.28. The first kappa shape index (κ1) is 21.3.